The summed E-state index contributed by atoms with van der Waals surface area (Å²) in [5.74, 6) is 0.950. The van der Waals surface area contributed by atoms with E-state index in [0.29, 0.717) is 22.9 Å². The van der Waals surface area contributed by atoms with Gasteiger partial charge in [-0.1, -0.05) is 30.3 Å². The summed E-state index contributed by atoms with van der Waals surface area (Å²) in [5, 5.41) is 0.961. The van der Waals surface area contributed by atoms with E-state index in [1.807, 2.05) is 30.3 Å². The second-order valence-electron chi connectivity index (χ2n) is 9.44. The van der Waals surface area contributed by atoms with Crippen molar-refractivity contribution in [3.8, 4) is 0 Å². The van der Waals surface area contributed by atoms with Crippen molar-refractivity contribution in [1.29, 1.82) is 0 Å². The molecule has 3 aliphatic heterocycles. The maximum atomic E-state index is 13.9. The molecule has 2 aromatic heterocycles. The summed E-state index contributed by atoms with van der Waals surface area (Å²) in [6.45, 7) is 5.90. The molecule has 5 atom stereocenters. The maximum absolute atomic E-state index is 13.9. The van der Waals surface area contributed by atoms with Crippen LogP contribution in [-0.2, 0) is 10.0 Å². The van der Waals surface area contributed by atoms with Crippen LogP contribution in [0.15, 0.2) is 84.7 Å². The minimum atomic E-state index is -3.91. The summed E-state index contributed by atoms with van der Waals surface area (Å²) in [5.41, 5.74) is 2.72. The number of pyridine rings is 1. The molecule has 3 saturated heterocycles. The van der Waals surface area contributed by atoms with E-state index in [-0.39, 0.29) is 10.9 Å². The SMILES string of the molecule is C=C[C@H]1CN2CC[C@H]1C[C@H]2[C@H](NS(=O)(=O)c1cccc2nccnc12)c1ccnc2ccccc12. The topological polar surface area (TPSA) is 88.1 Å². The lowest BCUT2D eigenvalue weighted by atomic mass is 9.73. The second kappa shape index (κ2) is 8.78. The van der Waals surface area contributed by atoms with E-state index in [4.69, 9.17) is 0 Å². The first kappa shape index (κ1) is 22.3. The van der Waals surface area contributed by atoms with E-state index in [9.17, 15) is 8.42 Å². The zero-order valence-corrected chi connectivity index (χ0v) is 20.1. The van der Waals surface area contributed by atoms with Crippen LogP contribution in [0.1, 0.15) is 24.4 Å². The lowest BCUT2D eigenvalue weighted by molar-refractivity contribution is 0.00490. The predicted molar refractivity (Wildman–Crippen MR) is 136 cm³/mol. The highest BCUT2D eigenvalue weighted by Crippen LogP contribution is 2.42. The number of hydrogen-bond acceptors (Lipinski definition) is 6. The van der Waals surface area contributed by atoms with Crippen LogP contribution in [0.4, 0.5) is 0 Å². The van der Waals surface area contributed by atoms with Gasteiger partial charge < -0.3 is 0 Å². The molecule has 0 spiro atoms. The van der Waals surface area contributed by atoms with E-state index < -0.39 is 16.1 Å². The first-order valence-electron chi connectivity index (χ1n) is 12.0. The summed E-state index contributed by atoms with van der Waals surface area (Å²) in [7, 11) is -3.91. The monoisotopic (exact) mass is 485 g/mol. The van der Waals surface area contributed by atoms with Crippen molar-refractivity contribution < 1.29 is 8.42 Å². The molecule has 3 aliphatic rings. The average Bonchev–Trinajstić information content (AvgIpc) is 2.91. The minimum Gasteiger partial charge on any atom is -0.298 e. The summed E-state index contributed by atoms with van der Waals surface area (Å²) in [4.78, 5) is 15.7. The van der Waals surface area contributed by atoms with Crippen molar-refractivity contribution in [2.24, 2.45) is 11.8 Å². The summed E-state index contributed by atoms with van der Waals surface area (Å²) >= 11 is 0. The molecule has 178 valence electrons. The van der Waals surface area contributed by atoms with E-state index in [1.165, 1.54) is 6.20 Å². The lowest BCUT2D eigenvalue weighted by Gasteiger charge is -2.51. The fraction of sp³-hybridized carbons (Fsp3) is 0.296. The van der Waals surface area contributed by atoms with Gasteiger partial charge in [-0.15, -0.1) is 6.58 Å². The molecule has 7 rings (SSSR count). The second-order valence-corrected chi connectivity index (χ2v) is 11.1. The van der Waals surface area contributed by atoms with E-state index in [0.717, 1.165) is 42.4 Å². The van der Waals surface area contributed by atoms with Crippen LogP contribution < -0.4 is 4.72 Å². The molecule has 0 radical (unpaired) electrons. The quantitative estimate of drug-likeness (QED) is 0.414. The highest BCUT2D eigenvalue weighted by molar-refractivity contribution is 7.89. The van der Waals surface area contributed by atoms with Gasteiger partial charge >= 0.3 is 0 Å². The average molecular weight is 486 g/mol. The standard InChI is InChI=1S/C27H27N5O2S/c1-2-18-17-32-15-11-19(18)16-24(32)26(21-10-12-28-22-7-4-3-6-20(21)22)31-35(33,34)25-9-5-8-23-27(25)30-14-13-29-23/h2-10,12-14,18-19,24,26,31H,1,11,15-17H2/t18-,19-,24-,26+/m0/s1. The van der Waals surface area contributed by atoms with Crippen molar-refractivity contribution in [3.63, 3.8) is 0 Å². The number of rotatable bonds is 6. The number of para-hydroxylation sites is 2. The van der Waals surface area contributed by atoms with Gasteiger partial charge in [-0.05, 0) is 61.1 Å². The van der Waals surface area contributed by atoms with E-state index in [1.54, 1.807) is 30.6 Å². The zero-order chi connectivity index (χ0) is 24.0. The largest absolute Gasteiger partial charge is 0.298 e. The van der Waals surface area contributed by atoms with Gasteiger partial charge in [0.25, 0.3) is 0 Å². The molecule has 1 unspecified atom stereocenters. The van der Waals surface area contributed by atoms with Gasteiger partial charge in [0.15, 0.2) is 0 Å². The van der Waals surface area contributed by atoms with Crippen molar-refractivity contribution in [1.82, 2.24) is 24.6 Å². The molecule has 35 heavy (non-hydrogen) atoms. The Morgan fingerprint density at radius 2 is 1.80 bits per heavy atom. The normalized spacial score (nSPS) is 25.0. The Bertz CT molecular complexity index is 1510. The predicted octanol–water partition coefficient (Wildman–Crippen LogP) is 4.09. The lowest BCUT2D eigenvalue weighted by Crippen LogP contribution is -2.57. The molecule has 7 nitrogen and oxygen atoms in total. The number of aromatic nitrogens is 3. The van der Waals surface area contributed by atoms with Gasteiger partial charge in [0, 0.05) is 36.6 Å². The number of piperidine rings is 3. The van der Waals surface area contributed by atoms with Crippen LogP contribution in [-0.4, -0.2) is 47.4 Å². The van der Waals surface area contributed by atoms with Gasteiger partial charge in [-0.2, -0.15) is 0 Å². The molecule has 1 N–H and O–H groups in total. The Morgan fingerprint density at radius 3 is 2.63 bits per heavy atom. The molecule has 2 aromatic carbocycles. The van der Waals surface area contributed by atoms with Crippen molar-refractivity contribution in [2.75, 3.05) is 13.1 Å². The molecule has 0 aliphatic carbocycles. The minimum absolute atomic E-state index is 0.0339. The Labute approximate surface area is 205 Å². The van der Waals surface area contributed by atoms with Crippen molar-refractivity contribution >= 4 is 32.0 Å². The third kappa shape index (κ3) is 3.91. The Kier molecular flexibility index (Phi) is 5.59. The number of nitrogens with one attached hydrogen (secondary N) is 1. The fourth-order valence-electron chi connectivity index (χ4n) is 5.88. The van der Waals surface area contributed by atoms with Crippen LogP contribution in [0.25, 0.3) is 21.9 Å². The number of fused-ring (bicyclic) bond motifs is 5. The van der Waals surface area contributed by atoms with E-state index >= 15 is 0 Å². The Morgan fingerprint density at radius 1 is 1.00 bits per heavy atom. The third-order valence-corrected chi connectivity index (χ3v) is 9.06. The van der Waals surface area contributed by atoms with Crippen LogP contribution in [0.3, 0.4) is 0 Å². The van der Waals surface area contributed by atoms with Crippen LogP contribution in [0, 0.1) is 11.8 Å². The molecule has 0 amide bonds. The third-order valence-electron chi connectivity index (χ3n) is 7.59. The van der Waals surface area contributed by atoms with Crippen LogP contribution >= 0.6 is 0 Å². The summed E-state index contributed by atoms with van der Waals surface area (Å²) in [6.07, 6.45) is 8.95. The molecular weight excluding hydrogens is 458 g/mol. The van der Waals surface area contributed by atoms with Crippen LogP contribution in [0.2, 0.25) is 0 Å². The number of sulfonamides is 1. The number of benzene rings is 2. The molecule has 5 heterocycles. The molecule has 2 bridgehead atoms. The Hall–Kier alpha value is -3.20. The maximum Gasteiger partial charge on any atom is 0.243 e. The van der Waals surface area contributed by atoms with Gasteiger partial charge in [0.1, 0.15) is 10.4 Å². The molecule has 4 aromatic rings. The molecule has 8 heteroatoms. The van der Waals surface area contributed by atoms with Crippen LogP contribution in [0.5, 0.6) is 0 Å². The van der Waals surface area contributed by atoms with Gasteiger partial charge in [0.2, 0.25) is 10.0 Å². The smallest absolute Gasteiger partial charge is 0.243 e. The van der Waals surface area contributed by atoms with Crippen molar-refractivity contribution in [3.05, 3.63) is 85.3 Å². The van der Waals surface area contributed by atoms with Crippen molar-refractivity contribution in [2.45, 2.75) is 29.8 Å². The van der Waals surface area contributed by atoms with Gasteiger partial charge in [-0.3, -0.25) is 19.9 Å². The molecule has 0 saturated carbocycles. The highest BCUT2D eigenvalue weighted by atomic mass is 32.2. The first-order valence-corrected chi connectivity index (χ1v) is 13.5. The Balaban J connectivity index is 1.47. The number of hydrogen-bond donors (Lipinski definition) is 1. The fourth-order valence-corrected chi connectivity index (χ4v) is 7.29. The van der Waals surface area contributed by atoms with E-state index in [2.05, 4.69) is 37.2 Å². The highest BCUT2D eigenvalue weighted by Gasteiger charge is 2.44. The molecule has 3 fully saturated rings. The summed E-state index contributed by atoms with van der Waals surface area (Å²) < 4.78 is 30.9. The van der Waals surface area contributed by atoms with Gasteiger partial charge in [-0.25, -0.2) is 13.1 Å². The first-order chi connectivity index (χ1) is 17.0. The van der Waals surface area contributed by atoms with Gasteiger partial charge in [0.05, 0.1) is 17.1 Å². The zero-order valence-electron chi connectivity index (χ0n) is 19.3. The number of nitrogens with zero attached hydrogens (tertiary/aromatic N) is 4. The summed E-state index contributed by atoms with van der Waals surface area (Å²) in [6, 6.07) is 14.5. The molecular formula is C27H27N5O2S.